The van der Waals surface area contributed by atoms with Crippen LogP contribution in [0.3, 0.4) is 0 Å². The minimum atomic E-state index is -4.02. The number of Topliss-reactive ketones (excluding diaryl/α,β-unsaturated/α-hetero) is 1. The Morgan fingerprint density at radius 2 is 1.63 bits per heavy atom. The number of ketones is 1. The number of rotatable bonds is 9. The van der Waals surface area contributed by atoms with Gasteiger partial charge in [-0.1, -0.05) is 67.4 Å². The number of nitriles is 1. The molecule has 0 heterocycles. The quantitative estimate of drug-likeness (QED) is 0.113. The van der Waals surface area contributed by atoms with Crippen molar-refractivity contribution in [2.45, 2.75) is 55.3 Å². The minimum absolute atomic E-state index is 0. The van der Waals surface area contributed by atoms with E-state index in [4.69, 9.17) is 9.81 Å². The highest BCUT2D eigenvalue weighted by Gasteiger charge is 2.16. The van der Waals surface area contributed by atoms with Gasteiger partial charge in [-0.2, -0.15) is 13.7 Å². The minimum Gasteiger partial charge on any atom is -0.507 e. The zero-order chi connectivity index (χ0) is 30.9. The van der Waals surface area contributed by atoms with Crippen molar-refractivity contribution >= 4 is 27.7 Å². The molecule has 0 bridgehead atoms. The van der Waals surface area contributed by atoms with E-state index in [1.54, 1.807) is 48.2 Å². The molecule has 0 unspecified atom stereocenters. The number of phenols is 1. The summed E-state index contributed by atoms with van der Waals surface area (Å²) in [6.07, 6.45) is 0.798. The molecule has 0 spiro atoms. The van der Waals surface area contributed by atoms with Gasteiger partial charge in [-0.25, -0.2) is 0 Å². The van der Waals surface area contributed by atoms with Crippen LogP contribution >= 0.6 is 11.8 Å². The standard InChI is InChI=1S/C26H25NO3S.C7H8O3S.H2O/c1-3-5-23-24(13-12-22(17(2)28)26(23)30)31-16-18-8-10-20(11-9-18)25(29)21-7-4-6-19(14-21)15-27;1-6-2-4-7(5-3-6)11(8,9)10;/h4,6-14,25,29-30H,3,5,16H2,1-2H3;2-5H,1H3,(H,8,9,10);1H2/t25-;;/m0../s1. The molecule has 0 aromatic heterocycles. The molecule has 8 nitrogen and oxygen atoms in total. The predicted molar refractivity (Wildman–Crippen MR) is 168 cm³/mol. The number of thioether (sulfide) groups is 1. The molecule has 0 amide bonds. The Kier molecular flexibility index (Phi) is 13.1. The lowest BCUT2D eigenvalue weighted by Crippen LogP contribution is -2.00. The second-order valence-corrected chi connectivity index (χ2v) is 12.1. The molecular formula is C33H35NO7S2. The molecule has 5 N–H and O–H groups in total. The van der Waals surface area contributed by atoms with E-state index in [9.17, 15) is 23.4 Å². The zero-order valence-electron chi connectivity index (χ0n) is 24.1. The molecule has 0 aliphatic carbocycles. The SMILES string of the molecule is CCCc1c(SCc2ccc([C@H](O)c3cccc(C#N)c3)cc2)ccc(C(C)=O)c1O.Cc1ccc(S(=O)(=O)O)cc1.O. The van der Waals surface area contributed by atoms with E-state index >= 15 is 0 Å². The van der Waals surface area contributed by atoms with Gasteiger partial charge in [0.05, 0.1) is 22.1 Å². The Morgan fingerprint density at radius 3 is 2.19 bits per heavy atom. The Bertz CT molecular complexity index is 1680. The van der Waals surface area contributed by atoms with E-state index in [0.29, 0.717) is 28.9 Å². The van der Waals surface area contributed by atoms with Gasteiger partial charge < -0.3 is 15.7 Å². The first-order valence-electron chi connectivity index (χ1n) is 13.2. The normalized spacial score (nSPS) is 11.3. The summed E-state index contributed by atoms with van der Waals surface area (Å²) in [7, 11) is -4.02. The molecule has 10 heteroatoms. The first-order chi connectivity index (χ1) is 19.9. The summed E-state index contributed by atoms with van der Waals surface area (Å²) in [4.78, 5) is 12.6. The highest BCUT2D eigenvalue weighted by atomic mass is 32.2. The molecule has 0 fully saturated rings. The molecule has 0 saturated heterocycles. The summed E-state index contributed by atoms with van der Waals surface area (Å²) in [6.45, 7) is 5.35. The summed E-state index contributed by atoms with van der Waals surface area (Å²) in [5.41, 5.74) is 5.20. The molecule has 4 aromatic rings. The van der Waals surface area contributed by atoms with Crippen LogP contribution in [0, 0.1) is 18.3 Å². The first kappa shape index (κ1) is 35.2. The number of carbonyl (C=O) groups excluding carboxylic acids is 1. The number of hydrogen-bond acceptors (Lipinski definition) is 7. The van der Waals surface area contributed by atoms with E-state index in [-0.39, 0.29) is 21.9 Å². The van der Waals surface area contributed by atoms with Crippen molar-refractivity contribution < 1.29 is 33.5 Å². The van der Waals surface area contributed by atoms with Gasteiger partial charge in [0.15, 0.2) is 5.78 Å². The smallest absolute Gasteiger partial charge is 0.294 e. The van der Waals surface area contributed by atoms with Crippen LogP contribution in [0.25, 0.3) is 0 Å². The zero-order valence-corrected chi connectivity index (χ0v) is 25.7. The first-order valence-corrected chi connectivity index (χ1v) is 15.7. The summed E-state index contributed by atoms with van der Waals surface area (Å²) >= 11 is 1.62. The summed E-state index contributed by atoms with van der Waals surface area (Å²) in [6, 6.07) is 26.4. The average molecular weight is 622 g/mol. The van der Waals surface area contributed by atoms with Crippen molar-refractivity contribution in [2.24, 2.45) is 0 Å². The summed E-state index contributed by atoms with van der Waals surface area (Å²) in [5, 5.41) is 30.2. The second kappa shape index (κ2) is 16.0. The average Bonchev–Trinajstić information content (AvgIpc) is 2.97. The Labute approximate surface area is 256 Å². The number of hydrogen-bond donors (Lipinski definition) is 3. The highest BCUT2D eigenvalue weighted by molar-refractivity contribution is 7.98. The van der Waals surface area contributed by atoms with Crippen LogP contribution in [-0.2, 0) is 22.3 Å². The van der Waals surface area contributed by atoms with Gasteiger partial charge in [0.1, 0.15) is 11.9 Å². The van der Waals surface area contributed by atoms with Gasteiger partial charge in [-0.15, -0.1) is 11.8 Å². The van der Waals surface area contributed by atoms with Crippen LogP contribution in [0.15, 0.2) is 94.7 Å². The van der Waals surface area contributed by atoms with E-state index in [1.807, 2.05) is 50.2 Å². The van der Waals surface area contributed by atoms with Crippen LogP contribution in [0.1, 0.15) is 70.1 Å². The number of phenolic OH excluding ortho intramolecular Hbond substituents is 1. The van der Waals surface area contributed by atoms with Gasteiger partial charge in [0.25, 0.3) is 10.1 Å². The largest absolute Gasteiger partial charge is 0.507 e. The number of aliphatic hydroxyl groups is 1. The highest BCUT2D eigenvalue weighted by Crippen LogP contribution is 2.35. The molecule has 0 radical (unpaired) electrons. The fourth-order valence-electron chi connectivity index (χ4n) is 4.17. The van der Waals surface area contributed by atoms with Crippen molar-refractivity contribution in [1.29, 1.82) is 5.26 Å². The van der Waals surface area contributed by atoms with Crippen LogP contribution in [0.4, 0.5) is 0 Å². The number of nitrogens with zero attached hydrogens (tertiary/aromatic N) is 1. The van der Waals surface area contributed by atoms with E-state index < -0.39 is 16.2 Å². The van der Waals surface area contributed by atoms with E-state index in [2.05, 4.69) is 6.07 Å². The number of carbonyl (C=O) groups is 1. The van der Waals surface area contributed by atoms with Crippen molar-refractivity contribution in [2.75, 3.05) is 0 Å². The predicted octanol–water partition coefficient (Wildman–Crippen LogP) is 6.21. The van der Waals surface area contributed by atoms with Gasteiger partial charge in [-0.3, -0.25) is 9.35 Å². The Hall–Kier alpha value is -3.98. The molecule has 4 rings (SSSR count). The van der Waals surface area contributed by atoms with Crippen LogP contribution < -0.4 is 0 Å². The lowest BCUT2D eigenvalue weighted by atomic mass is 9.99. The van der Waals surface area contributed by atoms with Crippen LogP contribution in [-0.4, -0.2) is 34.4 Å². The number of aromatic hydroxyl groups is 1. The molecule has 1 atom stereocenters. The van der Waals surface area contributed by atoms with Crippen molar-refractivity contribution in [3.63, 3.8) is 0 Å². The maximum absolute atomic E-state index is 11.7. The molecule has 0 aliphatic heterocycles. The van der Waals surface area contributed by atoms with Crippen molar-refractivity contribution in [3.05, 3.63) is 124 Å². The fraction of sp³-hybridized carbons (Fsp3) is 0.212. The van der Waals surface area contributed by atoms with E-state index in [0.717, 1.165) is 33.6 Å². The maximum Gasteiger partial charge on any atom is 0.294 e. The maximum atomic E-state index is 11.7. The van der Waals surface area contributed by atoms with Crippen molar-refractivity contribution in [3.8, 4) is 11.8 Å². The fourth-order valence-corrected chi connectivity index (χ4v) is 5.70. The molecule has 4 aromatic carbocycles. The Morgan fingerprint density at radius 1 is 0.977 bits per heavy atom. The van der Waals surface area contributed by atoms with E-state index in [1.165, 1.54) is 19.1 Å². The van der Waals surface area contributed by atoms with Gasteiger partial charge >= 0.3 is 0 Å². The lowest BCUT2D eigenvalue weighted by molar-refractivity contribution is 0.101. The van der Waals surface area contributed by atoms with Crippen molar-refractivity contribution in [1.82, 2.24) is 0 Å². The van der Waals surface area contributed by atoms with Gasteiger partial charge in [-0.05, 0) is 73.4 Å². The molecule has 226 valence electrons. The lowest BCUT2D eigenvalue weighted by Gasteiger charge is -2.14. The van der Waals surface area contributed by atoms with Gasteiger partial charge in [0.2, 0.25) is 0 Å². The third-order valence-corrected chi connectivity index (χ3v) is 8.50. The third kappa shape index (κ3) is 9.78. The second-order valence-electron chi connectivity index (χ2n) is 9.70. The number of benzene rings is 4. The topological polar surface area (TPSA) is 167 Å². The monoisotopic (exact) mass is 621 g/mol. The molecule has 0 aliphatic rings. The number of aryl methyl sites for hydroxylation is 1. The Balaban J connectivity index is 0.000000454. The summed E-state index contributed by atoms with van der Waals surface area (Å²) < 4.78 is 29.6. The summed E-state index contributed by atoms with van der Waals surface area (Å²) in [5.74, 6) is 0.661. The molecular weight excluding hydrogens is 586 g/mol. The number of aliphatic hydroxyl groups excluding tert-OH is 1. The molecule has 0 saturated carbocycles. The van der Waals surface area contributed by atoms with Crippen LogP contribution in [0.5, 0.6) is 5.75 Å². The van der Waals surface area contributed by atoms with Gasteiger partial charge in [0, 0.05) is 16.2 Å². The molecule has 43 heavy (non-hydrogen) atoms. The van der Waals surface area contributed by atoms with Crippen LogP contribution in [0.2, 0.25) is 0 Å². The third-order valence-electron chi connectivity index (χ3n) is 6.46.